The standard InChI is InChI=1S/C17H23F3N2O/c1-21(2)15-8-3-4-9-22(12-15)16(23)11-13-6-5-7-14(10-13)17(18,19)20/h5-7,10,15H,3-4,8-9,11-12H2,1-2H3. The number of nitrogens with zero attached hydrogens (tertiary/aromatic N) is 2. The van der Waals surface area contributed by atoms with Crippen LogP contribution in [0, 0.1) is 0 Å². The number of hydrogen-bond donors (Lipinski definition) is 0. The Kier molecular flexibility index (Phi) is 5.68. The monoisotopic (exact) mass is 328 g/mol. The van der Waals surface area contributed by atoms with Crippen LogP contribution in [0.3, 0.4) is 0 Å². The minimum absolute atomic E-state index is 0.0179. The number of likely N-dealkylation sites (tertiary alicyclic amines) is 1. The summed E-state index contributed by atoms with van der Waals surface area (Å²) in [5.41, 5.74) is -0.291. The fourth-order valence-corrected chi connectivity index (χ4v) is 2.91. The van der Waals surface area contributed by atoms with Crippen molar-refractivity contribution in [2.45, 2.75) is 37.9 Å². The smallest absolute Gasteiger partial charge is 0.341 e. The lowest BCUT2D eigenvalue weighted by atomic mass is 10.1. The molecule has 0 bridgehead atoms. The molecule has 1 aliphatic rings. The van der Waals surface area contributed by atoms with E-state index in [1.165, 1.54) is 6.07 Å². The molecule has 128 valence electrons. The molecule has 1 heterocycles. The zero-order valence-electron chi connectivity index (χ0n) is 13.6. The number of halogens is 3. The molecule has 0 saturated carbocycles. The second-order valence-corrected chi connectivity index (χ2v) is 6.33. The molecule has 23 heavy (non-hydrogen) atoms. The molecule has 0 N–H and O–H groups in total. The highest BCUT2D eigenvalue weighted by Crippen LogP contribution is 2.29. The van der Waals surface area contributed by atoms with Gasteiger partial charge in [-0.3, -0.25) is 4.79 Å². The van der Waals surface area contributed by atoms with Gasteiger partial charge in [-0.05, 0) is 38.6 Å². The van der Waals surface area contributed by atoms with Gasteiger partial charge in [0.15, 0.2) is 0 Å². The van der Waals surface area contributed by atoms with Gasteiger partial charge in [-0.15, -0.1) is 0 Å². The second-order valence-electron chi connectivity index (χ2n) is 6.33. The van der Waals surface area contributed by atoms with Gasteiger partial charge in [-0.25, -0.2) is 0 Å². The Labute approximate surface area is 135 Å². The van der Waals surface area contributed by atoms with E-state index in [9.17, 15) is 18.0 Å². The van der Waals surface area contributed by atoms with Gasteiger partial charge >= 0.3 is 6.18 Å². The molecule has 1 saturated heterocycles. The van der Waals surface area contributed by atoms with Crippen molar-refractivity contribution in [2.24, 2.45) is 0 Å². The van der Waals surface area contributed by atoms with Gasteiger partial charge in [0.05, 0.1) is 12.0 Å². The number of rotatable bonds is 3. The quantitative estimate of drug-likeness (QED) is 0.851. The van der Waals surface area contributed by atoms with Gasteiger partial charge in [0.25, 0.3) is 0 Å². The van der Waals surface area contributed by atoms with Crippen molar-refractivity contribution in [3.63, 3.8) is 0 Å². The van der Waals surface area contributed by atoms with E-state index in [1.54, 1.807) is 11.0 Å². The summed E-state index contributed by atoms with van der Waals surface area (Å²) in [5, 5.41) is 0. The number of alkyl halides is 3. The van der Waals surface area contributed by atoms with Crippen molar-refractivity contribution >= 4 is 5.91 Å². The molecule has 1 aliphatic heterocycles. The lowest BCUT2D eigenvalue weighted by molar-refractivity contribution is -0.138. The molecule has 1 aromatic carbocycles. The summed E-state index contributed by atoms with van der Waals surface area (Å²) in [5.74, 6) is -0.0990. The molecule has 6 heteroatoms. The molecule has 0 spiro atoms. The summed E-state index contributed by atoms with van der Waals surface area (Å²) in [6, 6.07) is 5.34. The van der Waals surface area contributed by atoms with Gasteiger partial charge in [0.1, 0.15) is 0 Å². The maximum absolute atomic E-state index is 12.8. The van der Waals surface area contributed by atoms with E-state index in [2.05, 4.69) is 4.90 Å². The van der Waals surface area contributed by atoms with E-state index in [-0.39, 0.29) is 12.3 Å². The predicted octanol–water partition coefficient (Wildman–Crippen LogP) is 3.19. The lowest BCUT2D eigenvalue weighted by Crippen LogP contribution is -2.42. The first kappa shape index (κ1) is 17.8. The average Bonchev–Trinajstić information content (AvgIpc) is 2.72. The minimum atomic E-state index is -4.38. The number of carbonyl (C=O) groups is 1. The van der Waals surface area contributed by atoms with Gasteiger partial charge in [-0.1, -0.05) is 24.6 Å². The Morgan fingerprint density at radius 3 is 2.70 bits per heavy atom. The highest BCUT2D eigenvalue weighted by atomic mass is 19.4. The minimum Gasteiger partial charge on any atom is -0.341 e. The fraction of sp³-hybridized carbons (Fsp3) is 0.588. The first-order valence-electron chi connectivity index (χ1n) is 7.87. The Bertz CT molecular complexity index is 543. The van der Waals surface area contributed by atoms with E-state index < -0.39 is 11.7 Å². The molecule has 1 amide bonds. The van der Waals surface area contributed by atoms with Crippen LogP contribution < -0.4 is 0 Å². The first-order valence-corrected chi connectivity index (χ1v) is 7.87. The average molecular weight is 328 g/mol. The maximum atomic E-state index is 12.8. The van der Waals surface area contributed by atoms with Crippen molar-refractivity contribution in [1.82, 2.24) is 9.80 Å². The van der Waals surface area contributed by atoms with E-state index in [0.29, 0.717) is 24.7 Å². The van der Waals surface area contributed by atoms with Crippen LogP contribution in [-0.2, 0) is 17.4 Å². The zero-order valence-corrected chi connectivity index (χ0v) is 13.6. The summed E-state index contributed by atoms with van der Waals surface area (Å²) in [7, 11) is 3.98. The Morgan fingerprint density at radius 2 is 2.04 bits per heavy atom. The summed E-state index contributed by atoms with van der Waals surface area (Å²) < 4.78 is 38.3. The number of carbonyl (C=O) groups excluding carboxylic acids is 1. The van der Waals surface area contributed by atoms with Crippen LogP contribution in [0.15, 0.2) is 24.3 Å². The number of amides is 1. The molecule has 1 fully saturated rings. The normalized spacial score (nSPS) is 19.7. The van der Waals surface area contributed by atoms with Gasteiger partial charge in [-0.2, -0.15) is 13.2 Å². The van der Waals surface area contributed by atoms with Crippen molar-refractivity contribution in [2.75, 3.05) is 27.2 Å². The van der Waals surface area contributed by atoms with E-state index in [0.717, 1.165) is 31.4 Å². The van der Waals surface area contributed by atoms with Crippen LogP contribution in [0.1, 0.15) is 30.4 Å². The maximum Gasteiger partial charge on any atom is 0.416 e. The molecule has 1 unspecified atom stereocenters. The van der Waals surface area contributed by atoms with Crippen molar-refractivity contribution in [1.29, 1.82) is 0 Å². The Morgan fingerprint density at radius 1 is 1.30 bits per heavy atom. The van der Waals surface area contributed by atoms with Crippen LogP contribution in [0.2, 0.25) is 0 Å². The molecule has 0 radical (unpaired) electrons. The molecule has 0 aromatic heterocycles. The molecular weight excluding hydrogens is 305 g/mol. The van der Waals surface area contributed by atoms with Crippen molar-refractivity contribution < 1.29 is 18.0 Å². The van der Waals surface area contributed by atoms with Gasteiger partial charge in [0, 0.05) is 19.1 Å². The summed E-state index contributed by atoms with van der Waals surface area (Å²) in [6.45, 7) is 1.33. The molecular formula is C17H23F3N2O. The zero-order chi connectivity index (χ0) is 17.0. The topological polar surface area (TPSA) is 23.6 Å². The number of benzene rings is 1. The third-order valence-electron chi connectivity index (χ3n) is 4.34. The molecule has 0 aliphatic carbocycles. The molecule has 1 atom stereocenters. The summed E-state index contributed by atoms with van der Waals surface area (Å²) >= 11 is 0. The second kappa shape index (κ2) is 7.34. The number of hydrogen-bond acceptors (Lipinski definition) is 2. The van der Waals surface area contributed by atoms with Crippen LogP contribution in [0.4, 0.5) is 13.2 Å². The Hall–Kier alpha value is -1.56. The third kappa shape index (κ3) is 4.96. The van der Waals surface area contributed by atoms with E-state index in [1.807, 2.05) is 14.1 Å². The highest BCUT2D eigenvalue weighted by molar-refractivity contribution is 5.79. The van der Waals surface area contributed by atoms with Crippen LogP contribution >= 0.6 is 0 Å². The van der Waals surface area contributed by atoms with Gasteiger partial charge < -0.3 is 9.80 Å². The largest absolute Gasteiger partial charge is 0.416 e. The van der Waals surface area contributed by atoms with Crippen molar-refractivity contribution in [3.8, 4) is 0 Å². The van der Waals surface area contributed by atoms with E-state index in [4.69, 9.17) is 0 Å². The van der Waals surface area contributed by atoms with E-state index >= 15 is 0 Å². The molecule has 3 nitrogen and oxygen atoms in total. The molecule has 2 rings (SSSR count). The summed E-state index contributed by atoms with van der Waals surface area (Å²) in [6.07, 6.45) is -1.31. The Balaban J connectivity index is 2.06. The summed E-state index contributed by atoms with van der Waals surface area (Å²) in [4.78, 5) is 16.4. The van der Waals surface area contributed by atoms with Crippen molar-refractivity contribution in [3.05, 3.63) is 35.4 Å². The SMILES string of the molecule is CN(C)C1CCCCN(C(=O)Cc2cccc(C(F)(F)F)c2)C1. The van der Waals surface area contributed by atoms with Gasteiger partial charge in [0.2, 0.25) is 5.91 Å². The highest BCUT2D eigenvalue weighted by Gasteiger charge is 2.30. The molecule has 1 aromatic rings. The first-order chi connectivity index (χ1) is 10.8. The lowest BCUT2D eigenvalue weighted by Gasteiger charge is -2.28. The third-order valence-corrected chi connectivity index (χ3v) is 4.34. The number of likely N-dealkylation sites (N-methyl/N-ethyl adjacent to an activating group) is 1. The fourth-order valence-electron chi connectivity index (χ4n) is 2.91. The predicted molar refractivity (Wildman–Crippen MR) is 83.1 cm³/mol. The van der Waals surface area contributed by atoms with Crippen LogP contribution in [-0.4, -0.2) is 48.9 Å². The van der Waals surface area contributed by atoms with Crippen LogP contribution in [0.5, 0.6) is 0 Å². The van der Waals surface area contributed by atoms with Crippen LogP contribution in [0.25, 0.3) is 0 Å².